The maximum atomic E-state index is 4.93. The van der Waals surface area contributed by atoms with Gasteiger partial charge in [-0.05, 0) is 26.7 Å². The summed E-state index contributed by atoms with van der Waals surface area (Å²) in [5.74, 6) is 0. The molecule has 2 nitrogen and oxygen atoms in total. The predicted octanol–water partition coefficient (Wildman–Crippen LogP) is 5.44. The van der Waals surface area contributed by atoms with Crippen LogP contribution in [0.2, 0.25) is 0 Å². The summed E-state index contributed by atoms with van der Waals surface area (Å²) in [6.45, 7) is 12.6. The van der Waals surface area contributed by atoms with Crippen molar-refractivity contribution in [3.63, 3.8) is 0 Å². The van der Waals surface area contributed by atoms with Crippen LogP contribution in [0.1, 0.15) is 79.1 Å². The minimum atomic E-state index is 0. The van der Waals surface area contributed by atoms with Gasteiger partial charge in [0.05, 0.1) is 0 Å². The molecule has 0 atom stereocenters. The normalized spacial score (nSPS) is 9.44. The first-order valence-electron chi connectivity index (χ1n) is 9.36. The first kappa shape index (κ1) is 30.6. The summed E-state index contributed by atoms with van der Waals surface area (Å²) in [6, 6.07) is 0. The zero-order valence-corrected chi connectivity index (χ0v) is 23.0. The molecule has 0 N–H and O–H groups in total. The second kappa shape index (κ2) is 22.9. The van der Waals surface area contributed by atoms with E-state index in [4.69, 9.17) is 49.7 Å². The Morgan fingerprint density at radius 2 is 0.960 bits per heavy atom. The van der Waals surface area contributed by atoms with Crippen LogP contribution in [0.4, 0.5) is 0 Å². The van der Waals surface area contributed by atoms with Crippen molar-refractivity contribution in [1.82, 2.24) is 9.80 Å². The molecule has 0 aliphatic carbocycles. The Morgan fingerprint density at radius 3 is 1.16 bits per heavy atom. The van der Waals surface area contributed by atoms with Gasteiger partial charge in [0.15, 0.2) is 0 Å². The van der Waals surface area contributed by atoms with Gasteiger partial charge in [-0.1, -0.05) is 61.0 Å². The molecule has 0 radical (unpaired) electrons. The van der Waals surface area contributed by atoms with Crippen molar-refractivity contribution in [2.24, 2.45) is 0 Å². The molecular formula is C18H36N2S4Zn. The van der Waals surface area contributed by atoms with Crippen molar-refractivity contribution in [2.45, 2.75) is 79.1 Å². The monoisotopic (exact) mass is 472 g/mol. The van der Waals surface area contributed by atoms with E-state index in [-0.39, 0.29) is 19.5 Å². The van der Waals surface area contributed by atoms with Crippen LogP contribution in [-0.2, 0) is 44.7 Å². The molecular weight excluding hydrogens is 438 g/mol. The number of nitrogens with zero attached hydrogens (tertiary/aromatic N) is 2. The predicted molar refractivity (Wildman–Crippen MR) is 123 cm³/mol. The van der Waals surface area contributed by atoms with Crippen LogP contribution in [0.15, 0.2) is 0 Å². The molecule has 144 valence electrons. The molecule has 0 amide bonds. The first-order chi connectivity index (χ1) is 11.4. The van der Waals surface area contributed by atoms with Gasteiger partial charge in [0.25, 0.3) is 0 Å². The van der Waals surface area contributed by atoms with Crippen molar-refractivity contribution in [1.29, 1.82) is 0 Å². The fourth-order valence-corrected chi connectivity index (χ4v) is 3.10. The van der Waals surface area contributed by atoms with E-state index in [0.717, 1.165) is 26.2 Å². The Kier molecular flexibility index (Phi) is 28.0. The zero-order valence-electron chi connectivity index (χ0n) is 16.7. The third-order valence-electron chi connectivity index (χ3n) is 3.84. The summed E-state index contributed by atoms with van der Waals surface area (Å²) in [6.07, 6.45) is 10.2. The minimum absolute atomic E-state index is 0. The van der Waals surface area contributed by atoms with Gasteiger partial charge in [0.1, 0.15) is 0 Å². The number of thiocarbonyl (C=S) groups is 2. The maximum absolute atomic E-state index is 4.93. The molecule has 0 aliphatic heterocycles. The molecule has 0 saturated heterocycles. The molecule has 0 heterocycles. The van der Waals surface area contributed by atoms with Crippen molar-refractivity contribution in [3.05, 3.63) is 0 Å². The molecule has 25 heavy (non-hydrogen) atoms. The Morgan fingerprint density at radius 1 is 0.640 bits per heavy atom. The van der Waals surface area contributed by atoms with Gasteiger partial charge in [-0.3, -0.25) is 0 Å². The summed E-state index contributed by atoms with van der Waals surface area (Å²) >= 11 is 19.7. The van der Waals surface area contributed by atoms with E-state index in [9.17, 15) is 0 Å². The van der Waals surface area contributed by atoms with E-state index < -0.39 is 0 Å². The summed E-state index contributed by atoms with van der Waals surface area (Å²) in [7, 11) is 0. The average Bonchev–Trinajstić information content (AvgIpc) is 2.55. The van der Waals surface area contributed by atoms with Gasteiger partial charge in [0.2, 0.25) is 0 Å². The largest absolute Gasteiger partial charge is 2.00 e. The summed E-state index contributed by atoms with van der Waals surface area (Å²) < 4.78 is 1.24. The molecule has 0 rings (SSSR count). The van der Waals surface area contributed by atoms with Crippen molar-refractivity contribution >= 4 is 58.3 Å². The number of unbranched alkanes of at least 4 members (excludes halogenated alkanes) is 6. The molecule has 0 aromatic rings. The van der Waals surface area contributed by atoms with E-state index in [0.29, 0.717) is 8.64 Å². The van der Waals surface area contributed by atoms with Crippen molar-refractivity contribution in [3.8, 4) is 0 Å². The molecule has 0 fully saturated rings. The van der Waals surface area contributed by atoms with Gasteiger partial charge >= 0.3 is 19.5 Å². The van der Waals surface area contributed by atoms with Crippen LogP contribution >= 0.6 is 24.4 Å². The Bertz CT molecular complexity index is 287. The van der Waals surface area contributed by atoms with Crippen LogP contribution < -0.4 is 0 Å². The van der Waals surface area contributed by atoms with Crippen LogP contribution in [0.25, 0.3) is 0 Å². The third-order valence-corrected chi connectivity index (χ3v) is 4.88. The maximum Gasteiger partial charge on any atom is 2.00 e. The van der Waals surface area contributed by atoms with Gasteiger partial charge in [0, 0.05) is 26.2 Å². The number of rotatable bonds is 12. The van der Waals surface area contributed by atoms with Crippen LogP contribution in [-0.4, -0.2) is 44.6 Å². The van der Waals surface area contributed by atoms with Crippen LogP contribution in [0, 0.1) is 0 Å². The fraction of sp³-hybridized carbons (Fsp3) is 0.889. The molecule has 0 bridgehead atoms. The van der Waals surface area contributed by atoms with Crippen LogP contribution in [0.5, 0.6) is 0 Å². The van der Waals surface area contributed by atoms with Crippen LogP contribution in [0.3, 0.4) is 0 Å². The Balaban J connectivity index is -0.000000372. The zero-order chi connectivity index (χ0) is 18.8. The van der Waals surface area contributed by atoms with E-state index in [1.165, 1.54) is 51.4 Å². The third kappa shape index (κ3) is 21.0. The summed E-state index contributed by atoms with van der Waals surface area (Å²) in [5, 5.41) is 0. The summed E-state index contributed by atoms with van der Waals surface area (Å²) in [4.78, 5) is 4.17. The molecule has 0 aliphatic rings. The first-order valence-corrected chi connectivity index (χ1v) is 11.0. The second-order valence-corrected chi connectivity index (χ2v) is 7.88. The number of hydrogen-bond acceptors (Lipinski definition) is 4. The molecule has 0 aromatic carbocycles. The van der Waals surface area contributed by atoms with Gasteiger partial charge in [-0.2, -0.15) is 0 Å². The number of hydrogen-bond donors (Lipinski definition) is 0. The smallest absolute Gasteiger partial charge is 0.411 e. The van der Waals surface area contributed by atoms with E-state index >= 15 is 0 Å². The van der Waals surface area contributed by atoms with E-state index in [2.05, 4.69) is 37.5 Å². The van der Waals surface area contributed by atoms with Crippen molar-refractivity contribution < 1.29 is 19.5 Å². The molecule has 7 heteroatoms. The fourth-order valence-electron chi connectivity index (χ4n) is 2.22. The van der Waals surface area contributed by atoms with Gasteiger partial charge in [-0.15, -0.1) is 0 Å². The summed E-state index contributed by atoms with van der Waals surface area (Å²) in [5.41, 5.74) is 0. The van der Waals surface area contributed by atoms with Gasteiger partial charge < -0.3 is 59.5 Å². The topological polar surface area (TPSA) is 6.48 Å². The van der Waals surface area contributed by atoms with Gasteiger partial charge in [-0.25, -0.2) is 0 Å². The second-order valence-electron chi connectivity index (χ2n) is 5.81. The standard InChI is InChI=1S/2C9H19NS2.Zn/c2*1-3-5-6-7-8-10(4-2)9(11)12;/h2*3-8H2,1-2H3,(H,11,12);/q;;+2/p-2. The Hall–Kier alpha value is 0.843. The molecule has 0 aromatic heterocycles. The van der Waals surface area contributed by atoms with E-state index in [1.54, 1.807) is 0 Å². The molecule has 0 unspecified atom stereocenters. The van der Waals surface area contributed by atoms with Crippen molar-refractivity contribution in [2.75, 3.05) is 26.2 Å². The molecule has 0 spiro atoms. The average molecular weight is 474 g/mol. The molecule has 0 saturated carbocycles. The Labute approximate surface area is 191 Å². The van der Waals surface area contributed by atoms with E-state index in [1.807, 2.05) is 0 Å². The SMILES string of the molecule is CCCCCCN(CC)C(=S)[S-].CCCCCCN(CC)C(=S)[S-].[Zn+2]. The minimum Gasteiger partial charge on any atom is -0.411 e. The quantitative estimate of drug-likeness (QED) is 0.160.